The molecule has 3 aromatic carbocycles. The van der Waals surface area contributed by atoms with E-state index in [0.29, 0.717) is 16.5 Å². The van der Waals surface area contributed by atoms with Crippen LogP contribution in [0.4, 0.5) is 27.6 Å². The van der Waals surface area contributed by atoms with Crippen LogP contribution in [0.3, 0.4) is 0 Å². The van der Waals surface area contributed by atoms with E-state index in [1.807, 2.05) is 19.1 Å². The van der Waals surface area contributed by atoms with Gasteiger partial charge in [0.1, 0.15) is 11.9 Å². The molecule has 3 N–H and O–H groups in total. The predicted octanol–water partition coefficient (Wildman–Crippen LogP) is 5.83. The van der Waals surface area contributed by atoms with Crippen molar-refractivity contribution in [3.05, 3.63) is 106 Å². The smallest absolute Gasteiger partial charge is 0.261 e. The third kappa shape index (κ3) is 6.02. The van der Waals surface area contributed by atoms with E-state index >= 15 is 0 Å². The molecule has 1 fully saturated rings. The zero-order chi connectivity index (χ0) is 30.0. The summed E-state index contributed by atoms with van der Waals surface area (Å²) in [5, 5.41) is 18.8. The van der Waals surface area contributed by atoms with Gasteiger partial charge in [-0.3, -0.25) is 9.89 Å². The molecule has 220 valence electrons. The van der Waals surface area contributed by atoms with Crippen LogP contribution < -0.4 is 5.32 Å². The van der Waals surface area contributed by atoms with E-state index in [1.165, 1.54) is 36.3 Å². The first kappa shape index (κ1) is 29.6. The molecule has 42 heavy (non-hydrogen) atoms. The number of hydrogen-bond donors (Lipinski definition) is 3. The van der Waals surface area contributed by atoms with Crippen LogP contribution in [-0.2, 0) is 16.1 Å². The van der Waals surface area contributed by atoms with Crippen LogP contribution in [0.2, 0.25) is 0 Å². The number of aromatic nitrogens is 3. The summed E-state index contributed by atoms with van der Waals surface area (Å²) < 4.78 is 81.7. The Morgan fingerprint density at radius 3 is 2.31 bits per heavy atom. The Labute approximate surface area is 240 Å². The van der Waals surface area contributed by atoms with Gasteiger partial charge in [0, 0.05) is 22.9 Å². The van der Waals surface area contributed by atoms with Gasteiger partial charge in [-0.25, -0.2) is 26.9 Å². The zero-order valence-electron chi connectivity index (χ0n) is 21.8. The summed E-state index contributed by atoms with van der Waals surface area (Å²) in [6.07, 6.45) is -0.400. The molecule has 8 nitrogen and oxygen atoms in total. The van der Waals surface area contributed by atoms with Gasteiger partial charge in [-0.1, -0.05) is 55.1 Å². The largest absolute Gasteiger partial charge is 0.392 e. The number of nitrogens with one attached hydrogen (secondary N) is 2. The van der Waals surface area contributed by atoms with E-state index in [1.54, 1.807) is 18.2 Å². The zero-order valence-corrected chi connectivity index (χ0v) is 22.6. The summed E-state index contributed by atoms with van der Waals surface area (Å²) in [6.45, 7) is 1.85. The molecule has 1 aliphatic rings. The molecule has 0 bridgehead atoms. The van der Waals surface area contributed by atoms with Crippen LogP contribution in [-0.4, -0.2) is 38.1 Å². The fourth-order valence-electron chi connectivity index (χ4n) is 4.50. The van der Waals surface area contributed by atoms with Crippen LogP contribution in [0.1, 0.15) is 46.4 Å². The summed E-state index contributed by atoms with van der Waals surface area (Å²) in [5.74, 6) is -12.5. The molecule has 0 aliphatic carbocycles. The lowest BCUT2D eigenvalue weighted by molar-refractivity contribution is -0.268. The number of carbonyl (C=O) groups is 1. The molecule has 1 amide bonds. The lowest BCUT2D eigenvalue weighted by Gasteiger charge is -2.41. The van der Waals surface area contributed by atoms with E-state index in [9.17, 15) is 31.9 Å². The van der Waals surface area contributed by atoms with Crippen molar-refractivity contribution < 1.29 is 41.3 Å². The molecule has 2 heterocycles. The molecule has 0 unspecified atom stereocenters. The molecule has 0 radical (unpaired) electrons. The number of benzene rings is 3. The first-order chi connectivity index (χ1) is 20.2. The van der Waals surface area contributed by atoms with Crippen molar-refractivity contribution >= 4 is 23.4 Å². The molecule has 1 saturated heterocycles. The second kappa shape index (κ2) is 12.6. The van der Waals surface area contributed by atoms with Crippen molar-refractivity contribution in [1.29, 1.82) is 0 Å². The van der Waals surface area contributed by atoms with Crippen molar-refractivity contribution in [2.24, 2.45) is 5.92 Å². The first-order valence-electron chi connectivity index (χ1n) is 12.6. The minimum atomic E-state index is -2.36. The minimum Gasteiger partial charge on any atom is -0.392 e. The SMILES string of the molecule is C[C@@H]1[C@H](CSc2ncn[nH]2)O[C@H](c2cccc(NC(=O)c3c(F)c(F)c(F)c(F)c3F)c2)O[C@@H]1c1ccc(CO)cc1. The quantitative estimate of drug-likeness (QED) is 0.100. The average Bonchev–Trinajstić information content (AvgIpc) is 3.53. The number of nitrogens with zero attached hydrogens (tertiary/aromatic N) is 2. The van der Waals surface area contributed by atoms with E-state index in [2.05, 4.69) is 20.5 Å². The molecule has 4 aromatic rings. The van der Waals surface area contributed by atoms with Crippen LogP contribution >= 0.6 is 11.8 Å². The van der Waals surface area contributed by atoms with E-state index in [0.717, 1.165) is 11.1 Å². The summed E-state index contributed by atoms with van der Waals surface area (Å²) in [4.78, 5) is 16.7. The van der Waals surface area contributed by atoms with Gasteiger partial charge in [0.15, 0.2) is 34.7 Å². The Kier molecular flexibility index (Phi) is 8.87. The van der Waals surface area contributed by atoms with Crippen molar-refractivity contribution in [3.8, 4) is 0 Å². The number of rotatable bonds is 8. The Morgan fingerprint density at radius 1 is 0.976 bits per heavy atom. The number of thioether (sulfide) groups is 1. The number of amides is 1. The number of hydrogen-bond acceptors (Lipinski definition) is 7. The van der Waals surface area contributed by atoms with Gasteiger partial charge in [0.2, 0.25) is 5.82 Å². The standard InChI is InChI=1S/C28H23F5N4O4S/c1-13-18(11-42-28-34-12-35-37-28)40-27(41-25(13)15-7-5-14(10-38)6-8-15)16-3-2-4-17(9-16)36-26(39)19-20(29)22(31)24(33)23(32)21(19)30/h2-9,12-13,18,25,27,38H,10-11H2,1H3,(H,36,39)(H,34,35,37)/t13-,18+,25+,27+/m1/s1. The Balaban J connectivity index is 1.41. The molecular weight excluding hydrogens is 583 g/mol. The third-order valence-corrected chi connectivity index (χ3v) is 7.72. The number of aliphatic hydroxyl groups is 1. The highest BCUT2D eigenvalue weighted by Gasteiger charge is 2.38. The maximum absolute atomic E-state index is 14.2. The Bertz CT molecular complexity index is 1550. The van der Waals surface area contributed by atoms with Crippen LogP contribution in [0.5, 0.6) is 0 Å². The fraction of sp³-hybridized carbons (Fsp3) is 0.250. The molecule has 1 aromatic heterocycles. The van der Waals surface area contributed by atoms with Crippen LogP contribution in [0.15, 0.2) is 60.0 Å². The predicted molar refractivity (Wildman–Crippen MR) is 141 cm³/mol. The van der Waals surface area contributed by atoms with Crippen molar-refractivity contribution in [2.75, 3.05) is 11.1 Å². The molecule has 4 atom stereocenters. The lowest BCUT2D eigenvalue weighted by atomic mass is 9.91. The normalized spacial score (nSPS) is 20.5. The van der Waals surface area contributed by atoms with Gasteiger partial charge in [0.05, 0.1) is 18.8 Å². The number of aliphatic hydroxyl groups excluding tert-OH is 1. The number of ether oxygens (including phenoxy) is 2. The van der Waals surface area contributed by atoms with E-state index in [4.69, 9.17) is 9.47 Å². The summed E-state index contributed by atoms with van der Waals surface area (Å²) >= 11 is 1.39. The van der Waals surface area contributed by atoms with E-state index < -0.39 is 53.0 Å². The van der Waals surface area contributed by atoms with Gasteiger partial charge >= 0.3 is 0 Å². The lowest BCUT2D eigenvalue weighted by Crippen LogP contribution is -2.38. The fourth-order valence-corrected chi connectivity index (χ4v) is 5.44. The highest BCUT2D eigenvalue weighted by molar-refractivity contribution is 7.99. The van der Waals surface area contributed by atoms with Gasteiger partial charge in [0.25, 0.3) is 5.91 Å². The monoisotopic (exact) mass is 606 g/mol. The van der Waals surface area contributed by atoms with Crippen molar-refractivity contribution in [1.82, 2.24) is 15.2 Å². The second-order valence-electron chi connectivity index (χ2n) is 9.45. The number of anilines is 1. The average molecular weight is 607 g/mol. The first-order valence-corrected chi connectivity index (χ1v) is 13.6. The highest BCUT2D eigenvalue weighted by atomic mass is 32.2. The molecule has 0 saturated carbocycles. The molecule has 0 spiro atoms. The molecule has 1 aliphatic heterocycles. The Hall–Kier alpha value is -3.85. The van der Waals surface area contributed by atoms with Crippen LogP contribution in [0.25, 0.3) is 0 Å². The topological polar surface area (TPSA) is 109 Å². The molecule has 5 rings (SSSR count). The van der Waals surface area contributed by atoms with Crippen molar-refractivity contribution in [3.63, 3.8) is 0 Å². The third-order valence-electron chi connectivity index (χ3n) is 6.75. The van der Waals surface area contributed by atoms with Gasteiger partial charge < -0.3 is 19.9 Å². The van der Waals surface area contributed by atoms with Crippen LogP contribution in [0, 0.1) is 35.0 Å². The van der Waals surface area contributed by atoms with Gasteiger partial charge in [-0.05, 0) is 23.3 Å². The summed E-state index contributed by atoms with van der Waals surface area (Å²) in [7, 11) is 0. The van der Waals surface area contributed by atoms with Crippen molar-refractivity contribution in [2.45, 2.75) is 37.2 Å². The number of halogens is 5. The van der Waals surface area contributed by atoms with E-state index in [-0.39, 0.29) is 24.3 Å². The summed E-state index contributed by atoms with van der Waals surface area (Å²) in [6, 6.07) is 13.2. The molecular formula is C28H23F5N4O4S. The summed E-state index contributed by atoms with van der Waals surface area (Å²) in [5.41, 5.74) is 0.377. The molecule has 14 heteroatoms. The van der Waals surface area contributed by atoms with Gasteiger partial charge in [-0.15, -0.1) is 0 Å². The Morgan fingerprint density at radius 2 is 1.67 bits per heavy atom. The highest BCUT2D eigenvalue weighted by Crippen LogP contribution is 2.43. The minimum absolute atomic E-state index is 0.00342. The van der Waals surface area contributed by atoms with Gasteiger partial charge in [-0.2, -0.15) is 5.10 Å². The number of carbonyl (C=O) groups excluding carboxylic acids is 1. The second-order valence-corrected chi connectivity index (χ2v) is 10.5. The number of aromatic amines is 1. The maximum Gasteiger partial charge on any atom is 0.261 e. The maximum atomic E-state index is 14.2. The number of H-pyrrole nitrogens is 1.